The van der Waals surface area contributed by atoms with Crippen LogP contribution in [0.5, 0.6) is 0 Å². The third-order valence-electron chi connectivity index (χ3n) is 5.80. The molecule has 0 unspecified atom stereocenters. The Morgan fingerprint density at radius 2 is 1.42 bits per heavy atom. The Balaban J connectivity index is 2.02. The first-order valence-electron chi connectivity index (χ1n) is 11.0. The second-order valence-electron chi connectivity index (χ2n) is 8.22. The van der Waals surface area contributed by atoms with Crippen molar-refractivity contribution in [1.82, 2.24) is 0 Å². The molecule has 0 aromatic rings. The van der Waals surface area contributed by atoms with Crippen LogP contribution in [0.4, 0.5) is 0 Å². The number of ether oxygens (including phenoxy) is 4. The van der Waals surface area contributed by atoms with E-state index in [1.807, 2.05) is 0 Å². The summed E-state index contributed by atoms with van der Waals surface area (Å²) in [5.41, 5.74) is 0. The van der Waals surface area contributed by atoms with Gasteiger partial charge in [0.05, 0.1) is 13.2 Å². The van der Waals surface area contributed by atoms with Crippen molar-refractivity contribution in [3.63, 3.8) is 0 Å². The molecule has 11 nitrogen and oxygen atoms in total. The fraction of sp³-hybridized carbons (Fsp3) is 1.00. The number of rotatable bonds is 13. The molecule has 2 rings (SSSR count). The van der Waals surface area contributed by atoms with Gasteiger partial charge in [-0.15, -0.1) is 0 Å². The fourth-order valence-electron chi connectivity index (χ4n) is 3.82. The maximum absolute atomic E-state index is 10.6. The molecule has 0 radical (unpaired) electrons. The van der Waals surface area contributed by atoms with Crippen molar-refractivity contribution in [1.29, 1.82) is 0 Å². The average Bonchev–Trinajstić information content (AvgIpc) is 3.00. The molecular formula is C20H38O11. The van der Waals surface area contributed by atoms with Gasteiger partial charge in [-0.2, -0.15) is 0 Å². The van der Waals surface area contributed by atoms with E-state index < -0.39 is 68.0 Å². The lowest BCUT2D eigenvalue weighted by Gasteiger charge is -2.43. The summed E-state index contributed by atoms with van der Waals surface area (Å²) in [6.07, 6.45) is -5.85. The Hall–Kier alpha value is -0.440. The van der Waals surface area contributed by atoms with E-state index in [0.29, 0.717) is 6.61 Å². The van der Waals surface area contributed by atoms with Crippen LogP contribution in [0.1, 0.15) is 45.4 Å². The average molecular weight is 455 g/mol. The fourth-order valence-corrected chi connectivity index (χ4v) is 3.82. The minimum Gasteiger partial charge on any atom is -0.394 e. The van der Waals surface area contributed by atoms with Gasteiger partial charge in [0.1, 0.15) is 49.3 Å². The van der Waals surface area contributed by atoms with Crippen LogP contribution >= 0.6 is 0 Å². The lowest BCUT2D eigenvalue weighted by molar-refractivity contribution is -0.385. The monoisotopic (exact) mass is 454 g/mol. The summed E-state index contributed by atoms with van der Waals surface area (Å²) in [7, 11) is 0. The Morgan fingerprint density at radius 3 is 2.03 bits per heavy atom. The van der Waals surface area contributed by atoms with E-state index >= 15 is 0 Å². The van der Waals surface area contributed by atoms with Crippen molar-refractivity contribution >= 4 is 0 Å². The predicted octanol–water partition coefficient (Wildman–Crippen LogP) is -2.01. The van der Waals surface area contributed by atoms with Crippen molar-refractivity contribution in [2.45, 2.75) is 100 Å². The quantitative estimate of drug-likeness (QED) is 0.153. The van der Waals surface area contributed by atoms with Crippen molar-refractivity contribution in [2.75, 3.05) is 26.4 Å². The Kier molecular flexibility index (Phi) is 11.0. The maximum Gasteiger partial charge on any atom is 0.224 e. The SMILES string of the molecule is CCCCCCCCOC[C@@]1(O[C@H]2O[C@H](CO)[C@@H](O)[C@H](O)[C@H]2O)O[C@H](CO)[C@@H](O)[C@@H]1O. The predicted molar refractivity (Wildman–Crippen MR) is 106 cm³/mol. The second-order valence-corrected chi connectivity index (χ2v) is 8.22. The summed E-state index contributed by atoms with van der Waals surface area (Å²) in [6.45, 7) is 0.875. The molecule has 11 heteroatoms. The maximum atomic E-state index is 10.6. The van der Waals surface area contributed by atoms with Gasteiger partial charge in [-0.1, -0.05) is 39.0 Å². The molecule has 0 saturated carbocycles. The van der Waals surface area contributed by atoms with E-state index in [2.05, 4.69) is 6.92 Å². The highest BCUT2D eigenvalue weighted by molar-refractivity contribution is 4.98. The number of hydrogen-bond acceptors (Lipinski definition) is 11. The summed E-state index contributed by atoms with van der Waals surface area (Å²) in [5, 5.41) is 69.7. The zero-order valence-electron chi connectivity index (χ0n) is 18.0. The highest BCUT2D eigenvalue weighted by Crippen LogP contribution is 2.36. The first-order chi connectivity index (χ1) is 14.8. The van der Waals surface area contributed by atoms with Crippen LogP contribution in [0, 0.1) is 0 Å². The molecule has 2 aliphatic heterocycles. The molecule has 2 aliphatic rings. The van der Waals surface area contributed by atoms with Gasteiger partial charge in [-0.25, -0.2) is 0 Å². The largest absolute Gasteiger partial charge is 0.394 e. The van der Waals surface area contributed by atoms with Crippen LogP contribution in [-0.4, -0.2) is 117 Å². The number of unbranched alkanes of at least 4 members (excludes halogenated alkanes) is 5. The van der Waals surface area contributed by atoms with Gasteiger partial charge in [-0.3, -0.25) is 0 Å². The van der Waals surface area contributed by atoms with Crippen LogP contribution in [0.15, 0.2) is 0 Å². The highest BCUT2D eigenvalue weighted by atomic mass is 16.8. The summed E-state index contributed by atoms with van der Waals surface area (Å²) in [4.78, 5) is 0. The molecule has 0 aromatic heterocycles. The van der Waals surface area contributed by atoms with Gasteiger partial charge in [-0.05, 0) is 6.42 Å². The second kappa shape index (κ2) is 12.7. The molecule has 0 aromatic carbocycles. The zero-order valence-corrected chi connectivity index (χ0v) is 18.0. The molecule has 7 N–H and O–H groups in total. The third kappa shape index (κ3) is 6.55. The van der Waals surface area contributed by atoms with Crippen LogP contribution < -0.4 is 0 Å². The van der Waals surface area contributed by atoms with Gasteiger partial charge in [0.15, 0.2) is 6.29 Å². The Labute approximate surface area is 182 Å². The molecule has 2 heterocycles. The Morgan fingerprint density at radius 1 is 0.774 bits per heavy atom. The van der Waals surface area contributed by atoms with E-state index in [1.54, 1.807) is 0 Å². The summed E-state index contributed by atoms with van der Waals surface area (Å²) >= 11 is 0. The molecular weight excluding hydrogens is 416 g/mol. The standard InChI is InChI=1S/C20H38O11/c1-2-3-4-5-6-7-8-28-11-20(18(27)15(24)13(10-22)30-20)31-19-17(26)16(25)14(23)12(9-21)29-19/h12-19,21-27H,2-11H2,1H3/t12-,13-,14-,15-,16+,17-,18+,19-,20+/m1/s1. The Bertz CT molecular complexity index is 508. The smallest absolute Gasteiger partial charge is 0.224 e. The minimum absolute atomic E-state index is 0.335. The van der Waals surface area contributed by atoms with E-state index in [4.69, 9.17) is 18.9 Å². The molecule has 9 atom stereocenters. The van der Waals surface area contributed by atoms with Crippen LogP contribution in [-0.2, 0) is 18.9 Å². The zero-order chi connectivity index (χ0) is 23.0. The highest BCUT2D eigenvalue weighted by Gasteiger charge is 2.58. The van der Waals surface area contributed by atoms with Gasteiger partial charge in [0, 0.05) is 6.61 Å². The molecule has 184 valence electrons. The number of hydrogen-bond donors (Lipinski definition) is 7. The van der Waals surface area contributed by atoms with E-state index in [0.717, 1.165) is 32.1 Å². The minimum atomic E-state index is -2.00. The van der Waals surface area contributed by atoms with Crippen molar-refractivity contribution < 1.29 is 54.7 Å². The lowest BCUT2D eigenvalue weighted by Crippen LogP contribution is -2.62. The van der Waals surface area contributed by atoms with Gasteiger partial charge < -0.3 is 54.7 Å². The van der Waals surface area contributed by atoms with Crippen LogP contribution in [0.3, 0.4) is 0 Å². The molecule has 2 fully saturated rings. The van der Waals surface area contributed by atoms with Crippen LogP contribution in [0.2, 0.25) is 0 Å². The molecule has 31 heavy (non-hydrogen) atoms. The molecule has 0 aliphatic carbocycles. The molecule has 2 saturated heterocycles. The first-order valence-corrected chi connectivity index (χ1v) is 11.0. The third-order valence-corrected chi connectivity index (χ3v) is 5.80. The van der Waals surface area contributed by atoms with E-state index in [9.17, 15) is 35.7 Å². The molecule has 0 bridgehead atoms. The first kappa shape index (κ1) is 26.8. The summed E-state index contributed by atoms with van der Waals surface area (Å²) in [5.74, 6) is -2.00. The number of aliphatic hydroxyl groups is 7. The van der Waals surface area contributed by atoms with Crippen LogP contribution in [0.25, 0.3) is 0 Å². The van der Waals surface area contributed by atoms with E-state index in [1.165, 1.54) is 6.42 Å². The normalized spacial score (nSPS) is 41.0. The molecule has 0 spiro atoms. The summed E-state index contributed by atoms with van der Waals surface area (Å²) in [6, 6.07) is 0. The van der Waals surface area contributed by atoms with Crippen molar-refractivity contribution in [2.24, 2.45) is 0 Å². The van der Waals surface area contributed by atoms with Gasteiger partial charge >= 0.3 is 0 Å². The van der Waals surface area contributed by atoms with Gasteiger partial charge in [0.2, 0.25) is 5.79 Å². The topological polar surface area (TPSA) is 179 Å². The van der Waals surface area contributed by atoms with Crippen molar-refractivity contribution in [3.05, 3.63) is 0 Å². The van der Waals surface area contributed by atoms with E-state index in [-0.39, 0.29) is 6.61 Å². The number of aliphatic hydroxyl groups excluding tert-OH is 7. The van der Waals surface area contributed by atoms with Crippen molar-refractivity contribution in [3.8, 4) is 0 Å². The lowest BCUT2D eigenvalue weighted by atomic mass is 9.99. The summed E-state index contributed by atoms with van der Waals surface area (Å²) < 4.78 is 22.2. The molecule has 0 amide bonds. The van der Waals surface area contributed by atoms with Gasteiger partial charge in [0.25, 0.3) is 0 Å².